The average molecular weight is 505 g/mol. The minimum Gasteiger partial charge on any atom is -0.362 e. The van der Waals surface area contributed by atoms with E-state index in [1.54, 1.807) is 19.2 Å². The summed E-state index contributed by atoms with van der Waals surface area (Å²) in [5.41, 5.74) is 0.969. The predicted octanol–water partition coefficient (Wildman–Crippen LogP) is 4.63. The number of hydrogen-bond acceptors (Lipinski definition) is 6. The Morgan fingerprint density at radius 2 is 1.97 bits per heavy atom. The molecule has 184 valence electrons. The zero-order valence-corrected chi connectivity index (χ0v) is 21.6. The minimum atomic E-state index is -0.0217. The van der Waals surface area contributed by atoms with Crippen molar-refractivity contribution in [2.45, 2.75) is 45.7 Å². The first kappa shape index (κ1) is 25.0. The van der Waals surface area contributed by atoms with Gasteiger partial charge in [0.2, 0.25) is 5.91 Å². The standard InChI is InChI=1S/C25H34Cl2N6O/c1-16(29-18(3)34)12-32-8-4-5-19(13-32)20-14-33(15-20)25-11-28-10-24(31-25)30-17(2)22-7-6-21(26)9-23(22)27/h6-7,9-11,16-17,19-20H,4-5,8,12-15H2,1-3H3,(H,29,34)(H,30,31)/t16-,17+,19-/m0/s1. The second kappa shape index (κ2) is 11.1. The molecular formula is C25H34Cl2N6O. The molecule has 4 rings (SSSR count). The van der Waals surface area contributed by atoms with Crippen LogP contribution in [-0.4, -0.2) is 59.5 Å². The van der Waals surface area contributed by atoms with Crippen molar-refractivity contribution >= 4 is 40.7 Å². The van der Waals surface area contributed by atoms with E-state index in [2.05, 4.69) is 32.3 Å². The smallest absolute Gasteiger partial charge is 0.217 e. The third-order valence-corrected chi connectivity index (χ3v) is 7.40. The van der Waals surface area contributed by atoms with Gasteiger partial charge in [-0.1, -0.05) is 29.3 Å². The number of hydrogen-bond donors (Lipinski definition) is 2. The summed E-state index contributed by atoms with van der Waals surface area (Å²) in [5, 5.41) is 7.67. The van der Waals surface area contributed by atoms with Crippen molar-refractivity contribution in [3.8, 4) is 0 Å². The molecule has 2 aliphatic rings. The van der Waals surface area contributed by atoms with E-state index in [1.807, 2.05) is 25.3 Å². The maximum absolute atomic E-state index is 11.3. The third kappa shape index (κ3) is 6.32. The van der Waals surface area contributed by atoms with Gasteiger partial charge in [-0.25, -0.2) is 4.98 Å². The number of rotatable bonds is 8. The molecule has 0 radical (unpaired) electrons. The van der Waals surface area contributed by atoms with Crippen LogP contribution in [0.25, 0.3) is 0 Å². The Morgan fingerprint density at radius 3 is 2.71 bits per heavy atom. The van der Waals surface area contributed by atoms with E-state index in [4.69, 9.17) is 28.2 Å². The van der Waals surface area contributed by atoms with E-state index < -0.39 is 0 Å². The number of piperidine rings is 1. The number of amides is 1. The fraction of sp³-hybridized carbons (Fsp3) is 0.560. The maximum Gasteiger partial charge on any atom is 0.217 e. The van der Waals surface area contributed by atoms with Gasteiger partial charge in [0.05, 0.1) is 18.4 Å². The second-order valence-electron chi connectivity index (χ2n) is 9.72. The first-order valence-electron chi connectivity index (χ1n) is 12.1. The molecule has 2 N–H and O–H groups in total. The average Bonchev–Trinajstić information content (AvgIpc) is 2.72. The summed E-state index contributed by atoms with van der Waals surface area (Å²) in [5.74, 6) is 3.04. The van der Waals surface area contributed by atoms with Gasteiger partial charge in [-0.15, -0.1) is 0 Å². The first-order chi connectivity index (χ1) is 16.3. The van der Waals surface area contributed by atoms with E-state index in [0.29, 0.717) is 21.9 Å². The van der Waals surface area contributed by atoms with E-state index in [9.17, 15) is 4.79 Å². The molecule has 2 aliphatic heterocycles. The van der Waals surface area contributed by atoms with Crippen molar-refractivity contribution in [2.24, 2.45) is 11.8 Å². The second-order valence-corrected chi connectivity index (χ2v) is 10.6. The summed E-state index contributed by atoms with van der Waals surface area (Å²) < 4.78 is 0. The quantitative estimate of drug-likeness (QED) is 0.545. The van der Waals surface area contributed by atoms with Gasteiger partial charge in [-0.2, -0.15) is 0 Å². The molecule has 3 atom stereocenters. The Hall–Kier alpha value is -2.09. The molecule has 9 heteroatoms. The van der Waals surface area contributed by atoms with Gasteiger partial charge in [-0.05, 0) is 62.8 Å². The fourth-order valence-electron chi connectivity index (χ4n) is 5.15. The Kier molecular flexibility index (Phi) is 8.17. The van der Waals surface area contributed by atoms with Crippen molar-refractivity contribution < 1.29 is 4.79 Å². The molecule has 7 nitrogen and oxygen atoms in total. The normalized spacial score (nSPS) is 21.0. The van der Waals surface area contributed by atoms with Crippen LogP contribution in [-0.2, 0) is 4.79 Å². The van der Waals surface area contributed by atoms with E-state index >= 15 is 0 Å². The number of aromatic nitrogens is 2. The lowest BCUT2D eigenvalue weighted by Gasteiger charge is -2.47. The van der Waals surface area contributed by atoms with Crippen LogP contribution in [0.3, 0.4) is 0 Å². The van der Waals surface area contributed by atoms with Crippen LogP contribution in [0.5, 0.6) is 0 Å². The van der Waals surface area contributed by atoms with Crippen LogP contribution in [0.15, 0.2) is 30.6 Å². The number of carbonyl (C=O) groups excluding carboxylic acids is 1. The third-order valence-electron chi connectivity index (χ3n) is 6.84. The lowest BCUT2D eigenvalue weighted by atomic mass is 9.80. The molecule has 34 heavy (non-hydrogen) atoms. The number of benzene rings is 1. The molecule has 2 fully saturated rings. The SMILES string of the molecule is CC(=O)N[C@@H](C)CN1CCC[C@H](C2CN(c3cncc(N[C@H](C)c4ccc(Cl)cc4Cl)n3)C2)C1. The summed E-state index contributed by atoms with van der Waals surface area (Å²) in [7, 11) is 0. The highest BCUT2D eigenvalue weighted by Gasteiger charge is 2.36. The molecule has 3 heterocycles. The van der Waals surface area contributed by atoms with Crippen LogP contribution >= 0.6 is 23.2 Å². The molecule has 1 aromatic heterocycles. The topological polar surface area (TPSA) is 73.4 Å². The van der Waals surface area contributed by atoms with E-state index in [1.165, 1.54) is 12.8 Å². The zero-order valence-electron chi connectivity index (χ0n) is 20.1. The molecule has 0 unspecified atom stereocenters. The number of nitrogens with one attached hydrogen (secondary N) is 2. The Balaban J connectivity index is 1.30. The molecule has 0 spiro atoms. The Bertz CT molecular complexity index is 999. The molecule has 1 aromatic carbocycles. The van der Waals surface area contributed by atoms with Crippen molar-refractivity contribution in [3.05, 3.63) is 46.2 Å². The number of nitrogens with zero attached hydrogens (tertiary/aromatic N) is 4. The number of carbonyl (C=O) groups is 1. The first-order valence-corrected chi connectivity index (χ1v) is 12.8. The lowest BCUT2D eigenvalue weighted by molar-refractivity contribution is -0.119. The fourth-order valence-corrected chi connectivity index (χ4v) is 5.72. The highest BCUT2D eigenvalue weighted by atomic mass is 35.5. The Morgan fingerprint density at radius 1 is 1.18 bits per heavy atom. The van der Waals surface area contributed by atoms with E-state index in [-0.39, 0.29) is 18.0 Å². The highest BCUT2D eigenvalue weighted by molar-refractivity contribution is 6.35. The molecule has 0 saturated carbocycles. The summed E-state index contributed by atoms with van der Waals surface area (Å²) in [6.45, 7) is 10.9. The van der Waals surface area contributed by atoms with Crippen molar-refractivity contribution in [1.82, 2.24) is 20.2 Å². The molecule has 0 bridgehead atoms. The zero-order chi connectivity index (χ0) is 24.2. The molecule has 0 aliphatic carbocycles. The van der Waals surface area contributed by atoms with Crippen LogP contribution in [0.1, 0.15) is 45.2 Å². The van der Waals surface area contributed by atoms with Crippen LogP contribution in [0.2, 0.25) is 10.0 Å². The van der Waals surface area contributed by atoms with E-state index in [0.717, 1.165) is 49.9 Å². The summed E-state index contributed by atoms with van der Waals surface area (Å²) >= 11 is 12.4. The molecule has 1 amide bonds. The predicted molar refractivity (Wildman–Crippen MR) is 139 cm³/mol. The highest BCUT2D eigenvalue weighted by Crippen LogP contribution is 2.34. The van der Waals surface area contributed by atoms with Gasteiger partial charge >= 0.3 is 0 Å². The molecular weight excluding hydrogens is 471 g/mol. The summed E-state index contributed by atoms with van der Waals surface area (Å²) in [6, 6.07) is 5.70. The molecule has 2 aromatic rings. The van der Waals surface area contributed by atoms with Crippen LogP contribution in [0, 0.1) is 11.8 Å². The number of anilines is 2. The number of likely N-dealkylation sites (tertiary alicyclic amines) is 1. The van der Waals surface area contributed by atoms with Crippen LogP contribution < -0.4 is 15.5 Å². The molecule has 2 saturated heterocycles. The van der Waals surface area contributed by atoms with Gasteiger partial charge in [0.15, 0.2) is 0 Å². The monoisotopic (exact) mass is 504 g/mol. The minimum absolute atomic E-state index is 0.0217. The van der Waals surface area contributed by atoms with Gasteiger partial charge < -0.3 is 20.4 Å². The maximum atomic E-state index is 11.3. The lowest BCUT2D eigenvalue weighted by Crippen LogP contribution is -2.54. The van der Waals surface area contributed by atoms with Crippen LogP contribution in [0.4, 0.5) is 11.6 Å². The Labute approximate surface area is 212 Å². The van der Waals surface area contributed by atoms with Gasteiger partial charge in [0, 0.05) is 49.2 Å². The van der Waals surface area contributed by atoms with Crippen molar-refractivity contribution in [2.75, 3.05) is 42.9 Å². The van der Waals surface area contributed by atoms with Gasteiger partial charge in [0.1, 0.15) is 11.6 Å². The van der Waals surface area contributed by atoms with Crippen molar-refractivity contribution in [3.63, 3.8) is 0 Å². The van der Waals surface area contributed by atoms with Crippen molar-refractivity contribution in [1.29, 1.82) is 0 Å². The van der Waals surface area contributed by atoms with Gasteiger partial charge in [-0.3, -0.25) is 9.78 Å². The largest absolute Gasteiger partial charge is 0.362 e. The van der Waals surface area contributed by atoms with Gasteiger partial charge in [0.25, 0.3) is 0 Å². The summed E-state index contributed by atoms with van der Waals surface area (Å²) in [4.78, 5) is 25.3. The number of halogens is 2. The summed E-state index contributed by atoms with van der Waals surface area (Å²) in [6.07, 6.45) is 6.08.